The van der Waals surface area contributed by atoms with E-state index in [0.29, 0.717) is 24.9 Å². The number of aryl methyl sites for hydroxylation is 1. The topological polar surface area (TPSA) is 329 Å². The van der Waals surface area contributed by atoms with E-state index >= 15 is 0 Å². The third-order valence-electron chi connectivity index (χ3n) is 17.0. The Morgan fingerprint density at radius 1 is 0.479 bits per heavy atom. The minimum Gasteiger partial charge on any atom is -0.480 e. The number of anilines is 1. The van der Waals surface area contributed by atoms with Crippen molar-refractivity contribution in [2.45, 2.75) is 257 Å². The zero-order valence-electron chi connectivity index (χ0n) is 57.3. The third kappa shape index (κ3) is 47.8. The zero-order valence-corrected chi connectivity index (χ0v) is 58.2. The van der Waals surface area contributed by atoms with Crippen molar-refractivity contribution in [1.29, 1.82) is 0 Å². The second-order valence-electron chi connectivity index (χ2n) is 25.3. The minimum absolute atomic E-state index is 0.133. The van der Waals surface area contributed by atoms with Gasteiger partial charge in [-0.1, -0.05) is 206 Å². The lowest BCUT2D eigenvalue weighted by Crippen LogP contribution is -2.51. The van der Waals surface area contributed by atoms with Crippen molar-refractivity contribution in [1.82, 2.24) is 24.9 Å². The Hall–Kier alpha value is -5.07. The van der Waals surface area contributed by atoms with E-state index in [2.05, 4.69) is 24.5 Å². The molecule has 1 aliphatic heterocycles. The zero-order chi connectivity index (χ0) is 68.9. The van der Waals surface area contributed by atoms with Gasteiger partial charge in [0.15, 0.2) is 6.10 Å². The molecule has 1 aromatic carbocycles. The molecule has 7 N–H and O–H groups in total. The summed E-state index contributed by atoms with van der Waals surface area (Å²) in [6, 6.07) is 5.69. The SMILES string of the molecule is CCCCCCCCCCCCCCCCCC(=O)OCC(COP(=O)(O)OCCNC(=O)CCC(=O)Nc1ccc(CCC(C(=O)O)N2CCN(CC(=O)O)CCN(CC(=O)O)CCN(CC(=O)O)CC2)cc1)OC(=O)CCCCCCCCCCCCCCCCC. The number of unbranched alkanes of at least 4 members (excludes halogenated alkanes) is 28. The van der Waals surface area contributed by atoms with Gasteiger partial charge in [0.05, 0.1) is 32.8 Å². The van der Waals surface area contributed by atoms with Crippen LogP contribution >= 0.6 is 7.82 Å². The lowest BCUT2D eigenvalue weighted by Gasteiger charge is -2.35. The molecule has 0 saturated carbocycles. The maximum atomic E-state index is 13.0. The first-order valence-corrected chi connectivity index (χ1v) is 37.2. The number of carbonyl (C=O) groups is 8. The molecule has 0 bridgehead atoms. The highest BCUT2D eigenvalue weighted by molar-refractivity contribution is 7.47. The Morgan fingerprint density at radius 3 is 1.27 bits per heavy atom. The quantitative estimate of drug-likeness (QED) is 0.0181. The summed E-state index contributed by atoms with van der Waals surface area (Å²) in [4.78, 5) is 116. The van der Waals surface area contributed by atoms with Crippen molar-refractivity contribution in [2.75, 3.05) is 104 Å². The van der Waals surface area contributed by atoms with E-state index in [9.17, 15) is 68.2 Å². The summed E-state index contributed by atoms with van der Waals surface area (Å²) < 4.78 is 34.3. The Kier molecular flexibility index (Phi) is 49.7. The lowest BCUT2D eigenvalue weighted by atomic mass is 10.0. The van der Waals surface area contributed by atoms with Crippen molar-refractivity contribution < 1.29 is 86.8 Å². The predicted molar refractivity (Wildman–Crippen MR) is 363 cm³/mol. The monoisotopic (exact) mass is 1350 g/mol. The first kappa shape index (κ1) is 85.0. The molecule has 1 aliphatic rings. The van der Waals surface area contributed by atoms with Crippen LogP contribution in [0.5, 0.6) is 0 Å². The molecule has 2 amide bonds. The number of phosphoric ester groups is 1. The predicted octanol–water partition coefficient (Wildman–Crippen LogP) is 11.5. The summed E-state index contributed by atoms with van der Waals surface area (Å²) in [7, 11) is -4.74. The van der Waals surface area contributed by atoms with Gasteiger partial charge in [-0.2, -0.15) is 0 Å². The first-order chi connectivity index (χ1) is 45.3. The van der Waals surface area contributed by atoms with Crippen molar-refractivity contribution in [3.8, 4) is 0 Å². The van der Waals surface area contributed by atoms with Crippen LogP contribution < -0.4 is 10.6 Å². The van der Waals surface area contributed by atoms with Gasteiger partial charge in [-0.15, -0.1) is 0 Å². The summed E-state index contributed by atoms with van der Waals surface area (Å²) in [5, 5.41) is 44.3. The number of rotatable bonds is 57. The molecule has 2 rings (SSSR count). The Morgan fingerprint density at radius 2 is 0.862 bits per heavy atom. The maximum absolute atomic E-state index is 13.0. The average molecular weight is 1350 g/mol. The van der Waals surface area contributed by atoms with Crippen LogP contribution in [0.3, 0.4) is 0 Å². The van der Waals surface area contributed by atoms with Crippen LogP contribution in [0.2, 0.25) is 0 Å². The van der Waals surface area contributed by atoms with Gasteiger partial charge in [-0.25, -0.2) is 4.57 Å². The van der Waals surface area contributed by atoms with E-state index in [1.807, 2.05) is 0 Å². The molecule has 1 aromatic rings. The maximum Gasteiger partial charge on any atom is 0.472 e. The number of esters is 2. The molecule has 0 aliphatic carbocycles. The molecule has 0 radical (unpaired) electrons. The number of carboxylic acids is 4. The second-order valence-corrected chi connectivity index (χ2v) is 26.8. The number of nitrogens with one attached hydrogen (secondary N) is 2. The summed E-state index contributed by atoms with van der Waals surface area (Å²) in [5.41, 5.74) is 1.17. The molecule has 1 fully saturated rings. The molecular formula is C69H121N6O18P. The van der Waals surface area contributed by atoms with Crippen LogP contribution in [0.1, 0.15) is 244 Å². The fraction of sp³-hybridized carbons (Fsp3) is 0.797. The fourth-order valence-electron chi connectivity index (χ4n) is 11.4. The summed E-state index contributed by atoms with van der Waals surface area (Å²) in [6.45, 7) is 3.28. The average Bonchev–Trinajstić information content (AvgIpc) is 1.15. The highest BCUT2D eigenvalue weighted by atomic mass is 31.2. The molecule has 1 saturated heterocycles. The van der Waals surface area contributed by atoms with Crippen LogP contribution in [-0.4, -0.2) is 203 Å². The molecule has 94 heavy (non-hydrogen) atoms. The van der Waals surface area contributed by atoms with Gasteiger partial charge in [0.1, 0.15) is 12.6 Å². The number of amides is 2. The van der Waals surface area contributed by atoms with Crippen molar-refractivity contribution in [3.63, 3.8) is 0 Å². The number of aliphatic carboxylic acids is 4. The smallest absolute Gasteiger partial charge is 0.472 e. The van der Waals surface area contributed by atoms with E-state index in [0.717, 1.165) is 44.1 Å². The Bertz CT molecular complexity index is 2250. The van der Waals surface area contributed by atoms with Gasteiger partial charge in [-0.05, 0) is 43.4 Å². The number of hydrogen-bond acceptors (Lipinski definition) is 17. The number of nitrogens with zero attached hydrogens (tertiary/aromatic N) is 4. The molecule has 25 heteroatoms. The fourth-order valence-corrected chi connectivity index (χ4v) is 12.2. The van der Waals surface area contributed by atoms with Crippen molar-refractivity contribution in [2.24, 2.45) is 0 Å². The van der Waals surface area contributed by atoms with Crippen LogP contribution in [0.15, 0.2) is 24.3 Å². The standard InChI is InChI=1S/C69H121N6O18P/c1-3-5-7-9-11-13-15-17-19-21-23-25-27-29-31-33-67(84)90-56-60(93-68(85)34-32-30-28-26-24-22-20-18-16-14-12-10-8-6-4-2)57-92-94(88,89)91-52-43-70-62(76)41-42-63(77)71-59-38-35-58(36-39-59)37-40-61(69(86)87)75-50-48-73(54-65(80)81)46-44-72(53-64(78)79)45-47-74(49-51-75)55-66(82)83/h35-36,38-39,60-61H,3-34,37,40-57H2,1-2H3,(H,70,76)(H,71,77)(H,78,79)(H,80,81)(H,82,83)(H,86,87)(H,88,89). The van der Waals surface area contributed by atoms with E-state index in [1.165, 1.54) is 141 Å². The third-order valence-corrected chi connectivity index (χ3v) is 18.0. The minimum atomic E-state index is -4.74. The molecule has 0 spiro atoms. The number of carboxylic acid groups (broad SMARTS) is 4. The highest BCUT2D eigenvalue weighted by Crippen LogP contribution is 2.43. The number of carbonyl (C=O) groups excluding carboxylic acids is 4. The van der Waals surface area contributed by atoms with Crippen LogP contribution in [0.4, 0.5) is 5.69 Å². The van der Waals surface area contributed by atoms with E-state index in [4.69, 9.17) is 18.5 Å². The number of benzene rings is 1. The normalized spacial score (nSPS) is 15.2. The van der Waals surface area contributed by atoms with Crippen molar-refractivity contribution >= 4 is 61.1 Å². The molecule has 24 nitrogen and oxygen atoms in total. The lowest BCUT2D eigenvalue weighted by molar-refractivity contribution is -0.161. The van der Waals surface area contributed by atoms with Gasteiger partial charge in [-0.3, -0.25) is 67.0 Å². The van der Waals surface area contributed by atoms with Gasteiger partial charge >= 0.3 is 43.6 Å². The first-order valence-electron chi connectivity index (χ1n) is 35.7. The van der Waals surface area contributed by atoms with Crippen LogP contribution in [0, 0.1) is 0 Å². The molecule has 0 aromatic heterocycles. The Labute approximate surface area is 561 Å². The van der Waals surface area contributed by atoms with Crippen LogP contribution in [0.25, 0.3) is 0 Å². The summed E-state index contributed by atoms with van der Waals surface area (Å²) >= 11 is 0. The molecule has 540 valence electrons. The number of phosphoric acid groups is 1. The largest absolute Gasteiger partial charge is 0.480 e. The number of ether oxygens (including phenoxy) is 2. The molecule has 3 unspecified atom stereocenters. The number of hydrogen-bond donors (Lipinski definition) is 7. The molecular weight excluding hydrogens is 1230 g/mol. The van der Waals surface area contributed by atoms with Gasteiger partial charge in [0, 0.05) is 90.3 Å². The van der Waals surface area contributed by atoms with Crippen LogP contribution in [-0.2, 0) is 67.9 Å². The summed E-state index contributed by atoms with van der Waals surface area (Å²) in [6.07, 6.45) is 34.9. The molecule has 3 atom stereocenters. The highest BCUT2D eigenvalue weighted by Gasteiger charge is 2.29. The summed E-state index contributed by atoms with van der Waals surface area (Å²) in [5.74, 6) is -6.40. The van der Waals surface area contributed by atoms with Gasteiger partial charge in [0.25, 0.3) is 0 Å². The second kappa shape index (κ2) is 55.0. The van der Waals surface area contributed by atoms with Gasteiger partial charge < -0.3 is 45.4 Å². The van der Waals surface area contributed by atoms with E-state index in [1.54, 1.807) is 43.9 Å². The Balaban J connectivity index is 1.83. The molecule has 1 heterocycles. The van der Waals surface area contributed by atoms with Gasteiger partial charge in [0.2, 0.25) is 11.8 Å². The van der Waals surface area contributed by atoms with E-state index in [-0.39, 0.29) is 117 Å². The van der Waals surface area contributed by atoms with Crippen molar-refractivity contribution in [3.05, 3.63) is 29.8 Å². The van der Waals surface area contributed by atoms with E-state index < -0.39 is 80.8 Å².